The van der Waals surface area contributed by atoms with Crippen LogP contribution in [0.4, 0.5) is 8.78 Å². The number of alkyl halides is 2. The summed E-state index contributed by atoms with van der Waals surface area (Å²) in [4.78, 5) is 23.2. The van der Waals surface area contributed by atoms with E-state index in [2.05, 4.69) is 0 Å². The minimum atomic E-state index is -3.25. The van der Waals surface area contributed by atoms with Gasteiger partial charge in [0.15, 0.2) is 6.29 Å². The third kappa shape index (κ3) is 9.06. The topological polar surface area (TPSA) is 93.1 Å². The van der Waals surface area contributed by atoms with Crippen LogP contribution in [0.25, 0.3) is 0 Å². The lowest BCUT2D eigenvalue weighted by Crippen LogP contribution is -2.39. The van der Waals surface area contributed by atoms with E-state index in [1.807, 2.05) is 13.8 Å². The predicted octanol–water partition coefficient (Wildman–Crippen LogP) is 5.13. The lowest BCUT2D eigenvalue weighted by Gasteiger charge is -2.31. The van der Waals surface area contributed by atoms with Gasteiger partial charge in [0, 0.05) is 31.3 Å². The number of carboxylic acids is 1. The lowest BCUT2D eigenvalue weighted by atomic mass is 9.84. The van der Waals surface area contributed by atoms with Crippen LogP contribution in [-0.2, 0) is 19.1 Å². The van der Waals surface area contributed by atoms with Gasteiger partial charge in [-0.05, 0) is 50.5 Å². The van der Waals surface area contributed by atoms with Crippen molar-refractivity contribution in [1.29, 1.82) is 0 Å². The second kappa shape index (κ2) is 13.5. The highest BCUT2D eigenvalue weighted by molar-refractivity contribution is 5.84. The normalized spacial score (nSPS) is 28.3. The quantitative estimate of drug-likeness (QED) is 0.339. The zero-order chi connectivity index (χ0) is 24.4. The first-order valence-electron chi connectivity index (χ1n) is 12.4. The molecule has 2 aliphatic rings. The number of carbonyl (C=O) groups is 2. The van der Waals surface area contributed by atoms with E-state index in [1.54, 1.807) is 0 Å². The highest BCUT2D eigenvalue weighted by Gasteiger charge is 2.43. The zero-order valence-electron chi connectivity index (χ0n) is 19.9. The second-order valence-electron chi connectivity index (χ2n) is 9.65. The zero-order valence-corrected chi connectivity index (χ0v) is 19.9. The Labute approximate surface area is 195 Å². The summed E-state index contributed by atoms with van der Waals surface area (Å²) in [6.07, 6.45) is 4.72. The maximum Gasteiger partial charge on any atom is 0.303 e. The first kappa shape index (κ1) is 27.9. The van der Waals surface area contributed by atoms with Gasteiger partial charge in [0.2, 0.25) is 0 Å². The molecule has 0 aromatic carbocycles. The fraction of sp³-hybridized carbons (Fsp3) is 0.840. The molecule has 0 radical (unpaired) electrons. The van der Waals surface area contributed by atoms with Crippen molar-refractivity contribution < 1.29 is 38.1 Å². The molecule has 2 rings (SSSR count). The smallest absolute Gasteiger partial charge is 0.303 e. The molecule has 1 aliphatic heterocycles. The second-order valence-corrected chi connectivity index (χ2v) is 9.65. The van der Waals surface area contributed by atoms with E-state index in [0.717, 1.165) is 25.3 Å². The maximum atomic E-state index is 15.2. The Morgan fingerprint density at radius 3 is 2.70 bits per heavy atom. The molecule has 0 bridgehead atoms. The third-order valence-electron chi connectivity index (χ3n) is 6.72. The molecule has 8 heteroatoms. The molecule has 2 N–H and O–H groups in total. The van der Waals surface area contributed by atoms with Gasteiger partial charge in [-0.3, -0.25) is 9.59 Å². The van der Waals surface area contributed by atoms with Gasteiger partial charge in [-0.2, -0.15) is 8.78 Å². The number of aliphatic carboxylic acids is 1. The molecule has 190 valence electrons. The van der Waals surface area contributed by atoms with Crippen molar-refractivity contribution in [1.82, 2.24) is 0 Å². The van der Waals surface area contributed by atoms with Crippen LogP contribution in [0.3, 0.4) is 0 Å². The average Bonchev–Trinajstić information content (AvgIpc) is 3.02. The SMILES string of the molecule is CCCCC(OC1CCCCO1)C(F)(F)/C=C/[C@H]1[C@H](O)CC(=O)[C@@H]1CC(C)CCCC(=O)O. The van der Waals surface area contributed by atoms with Gasteiger partial charge in [0.05, 0.1) is 6.10 Å². The number of rotatable bonds is 14. The summed E-state index contributed by atoms with van der Waals surface area (Å²) >= 11 is 0. The molecule has 0 aromatic heterocycles. The molecular formula is C25H40F2O6. The fourth-order valence-electron chi connectivity index (χ4n) is 4.77. The number of unbranched alkanes of at least 4 members (excludes halogenated alkanes) is 1. The molecule has 0 amide bonds. The lowest BCUT2D eigenvalue weighted by molar-refractivity contribution is -0.229. The first-order valence-corrected chi connectivity index (χ1v) is 12.4. The van der Waals surface area contributed by atoms with Gasteiger partial charge in [-0.15, -0.1) is 0 Å². The molecule has 1 saturated heterocycles. The molecule has 3 unspecified atom stereocenters. The van der Waals surface area contributed by atoms with Crippen LogP contribution in [0.2, 0.25) is 0 Å². The van der Waals surface area contributed by atoms with Crippen molar-refractivity contribution in [2.75, 3.05) is 6.61 Å². The summed E-state index contributed by atoms with van der Waals surface area (Å²) in [7, 11) is 0. The summed E-state index contributed by atoms with van der Waals surface area (Å²) in [5.41, 5.74) is 0. The molecule has 33 heavy (non-hydrogen) atoms. The van der Waals surface area contributed by atoms with E-state index in [4.69, 9.17) is 14.6 Å². The molecule has 0 spiro atoms. The molecule has 0 aromatic rings. The Bertz CT molecular complexity index is 647. The minimum absolute atomic E-state index is 0.0429. The minimum Gasteiger partial charge on any atom is -0.481 e. The van der Waals surface area contributed by atoms with Crippen LogP contribution in [0.5, 0.6) is 0 Å². The number of hydrogen-bond donors (Lipinski definition) is 2. The van der Waals surface area contributed by atoms with Crippen molar-refractivity contribution in [3.05, 3.63) is 12.2 Å². The van der Waals surface area contributed by atoms with Crippen LogP contribution in [0, 0.1) is 17.8 Å². The van der Waals surface area contributed by atoms with Crippen LogP contribution < -0.4 is 0 Å². The number of aliphatic hydroxyl groups excluding tert-OH is 1. The molecule has 6 atom stereocenters. The maximum absolute atomic E-state index is 15.2. The third-order valence-corrected chi connectivity index (χ3v) is 6.72. The molecule has 2 fully saturated rings. The van der Waals surface area contributed by atoms with Gasteiger partial charge in [-0.1, -0.05) is 39.2 Å². The number of halogens is 2. The van der Waals surface area contributed by atoms with Crippen LogP contribution in [0.1, 0.15) is 84.5 Å². The number of aliphatic hydroxyl groups is 1. The molecule has 1 aliphatic carbocycles. The molecule has 1 saturated carbocycles. The summed E-state index contributed by atoms with van der Waals surface area (Å²) in [5.74, 6) is -5.40. The Morgan fingerprint density at radius 1 is 1.30 bits per heavy atom. The van der Waals surface area contributed by atoms with Crippen molar-refractivity contribution in [3.8, 4) is 0 Å². The van der Waals surface area contributed by atoms with Gasteiger partial charge >= 0.3 is 5.97 Å². The van der Waals surface area contributed by atoms with E-state index >= 15 is 8.78 Å². The molecule has 1 heterocycles. The monoisotopic (exact) mass is 474 g/mol. The fourth-order valence-corrected chi connectivity index (χ4v) is 4.77. The highest BCUT2D eigenvalue weighted by atomic mass is 19.3. The number of hydrogen-bond acceptors (Lipinski definition) is 5. The van der Waals surface area contributed by atoms with Gasteiger partial charge < -0.3 is 19.7 Å². The Balaban J connectivity index is 2.05. The van der Waals surface area contributed by atoms with Crippen LogP contribution in [-0.4, -0.2) is 53.0 Å². The number of ketones is 1. The largest absolute Gasteiger partial charge is 0.481 e. The van der Waals surface area contributed by atoms with Crippen molar-refractivity contribution in [2.45, 2.75) is 109 Å². The van der Waals surface area contributed by atoms with Crippen LogP contribution in [0.15, 0.2) is 12.2 Å². The van der Waals surface area contributed by atoms with E-state index in [1.165, 1.54) is 6.08 Å². The van der Waals surface area contributed by atoms with E-state index in [0.29, 0.717) is 38.7 Å². The highest BCUT2D eigenvalue weighted by Crippen LogP contribution is 2.38. The first-order chi connectivity index (χ1) is 15.6. The van der Waals surface area contributed by atoms with Crippen molar-refractivity contribution >= 4 is 11.8 Å². The van der Waals surface area contributed by atoms with Gasteiger partial charge in [-0.25, -0.2) is 0 Å². The Kier molecular flexibility index (Phi) is 11.4. The summed E-state index contributed by atoms with van der Waals surface area (Å²) in [5, 5.41) is 19.2. The van der Waals surface area contributed by atoms with Crippen molar-refractivity contribution in [2.24, 2.45) is 17.8 Å². The summed E-state index contributed by atoms with van der Waals surface area (Å²) in [6, 6.07) is 0. The van der Waals surface area contributed by atoms with Crippen molar-refractivity contribution in [3.63, 3.8) is 0 Å². The van der Waals surface area contributed by atoms with Crippen LogP contribution >= 0.6 is 0 Å². The molecule has 6 nitrogen and oxygen atoms in total. The number of ether oxygens (including phenoxy) is 2. The summed E-state index contributed by atoms with van der Waals surface area (Å²) in [6.45, 7) is 4.37. The summed E-state index contributed by atoms with van der Waals surface area (Å²) < 4.78 is 41.5. The van der Waals surface area contributed by atoms with E-state index in [9.17, 15) is 14.7 Å². The number of carbonyl (C=O) groups excluding carboxylic acids is 1. The Morgan fingerprint density at radius 2 is 2.06 bits per heavy atom. The van der Waals surface area contributed by atoms with Gasteiger partial charge in [0.25, 0.3) is 5.92 Å². The number of Topliss-reactive ketones (excluding diaryl/α,β-unsaturated/α-hetero) is 1. The average molecular weight is 475 g/mol. The molecular weight excluding hydrogens is 434 g/mol. The predicted molar refractivity (Wildman–Crippen MR) is 120 cm³/mol. The van der Waals surface area contributed by atoms with E-state index < -0.39 is 42.2 Å². The Hall–Kier alpha value is -1.38. The number of carboxylic acid groups (broad SMARTS) is 1. The van der Waals surface area contributed by atoms with Gasteiger partial charge in [0.1, 0.15) is 11.9 Å². The van der Waals surface area contributed by atoms with E-state index in [-0.39, 0.29) is 31.0 Å². The standard InChI is InChI=1S/C25H40F2O6/c1-3-4-9-22(33-24-11-5-6-14-32-24)25(26,27)13-12-18-19(21(29)16-20(18)28)15-17(2)8-7-10-23(30)31/h12-13,17-20,22,24,28H,3-11,14-16H2,1-2H3,(H,30,31)/b13-12+/t17?,18-,19-,20-,22?,24?/m1/s1.